The molecule has 1 aromatic heterocycles. The molecule has 254 valence electrons. The number of nitrogens with zero attached hydrogens (tertiary/aromatic N) is 2. The molecule has 0 amide bonds. The number of para-hydroxylation sites is 2. The normalized spacial score (nSPS) is 14.6. The summed E-state index contributed by atoms with van der Waals surface area (Å²) in [6, 6.07) is 64.3. The number of aromatic nitrogens is 1. The molecule has 8 aromatic rings. The average molecular weight is 681 g/mol. The van der Waals surface area contributed by atoms with Crippen molar-refractivity contribution < 1.29 is 0 Å². The molecule has 2 aliphatic rings. The van der Waals surface area contributed by atoms with Crippen LogP contribution in [0.5, 0.6) is 0 Å². The number of fused-ring (bicyclic) bond motifs is 5. The van der Waals surface area contributed by atoms with Gasteiger partial charge >= 0.3 is 0 Å². The molecular formula is C51H40N2. The predicted octanol–water partition coefficient (Wildman–Crippen LogP) is 13.7. The van der Waals surface area contributed by atoms with Crippen LogP contribution in [-0.4, -0.2) is 4.57 Å². The van der Waals surface area contributed by atoms with Crippen LogP contribution in [0, 0.1) is 0 Å². The fourth-order valence-electron chi connectivity index (χ4n) is 8.89. The minimum absolute atomic E-state index is 0.0352. The summed E-state index contributed by atoms with van der Waals surface area (Å²) in [4.78, 5) is 2.48. The van der Waals surface area contributed by atoms with Crippen LogP contribution < -0.4 is 4.90 Å². The van der Waals surface area contributed by atoms with Gasteiger partial charge in [0.1, 0.15) is 0 Å². The van der Waals surface area contributed by atoms with Crippen molar-refractivity contribution in [1.29, 1.82) is 0 Å². The van der Waals surface area contributed by atoms with E-state index in [0.29, 0.717) is 0 Å². The standard InChI is InChI=1S/C51H40N2/c1-51(2)47-19-11-9-17-43(47)44-31-30-42(34-48(44)51)52(40-26-21-36(22-27-40)35-13-5-3-6-14-35)41-28-23-37(24-29-41)38-25-32-50-46(33-38)45-18-10-12-20-49(45)53(50)39-15-7-4-8-16-39/h3-29,32-34H,30-31H2,1-2H3. The Bertz CT molecular complexity index is 2710. The van der Waals surface area contributed by atoms with E-state index < -0.39 is 0 Å². The molecule has 2 heteroatoms. The lowest BCUT2D eigenvalue weighted by atomic mass is 9.79. The highest BCUT2D eigenvalue weighted by molar-refractivity contribution is 6.10. The van der Waals surface area contributed by atoms with Crippen LogP contribution in [0.1, 0.15) is 37.8 Å². The van der Waals surface area contributed by atoms with Gasteiger partial charge in [0.15, 0.2) is 0 Å². The maximum atomic E-state index is 2.49. The fraction of sp³-hybridized carbons (Fsp3) is 0.0980. The first-order valence-electron chi connectivity index (χ1n) is 18.7. The second kappa shape index (κ2) is 12.4. The Balaban J connectivity index is 1.06. The zero-order chi connectivity index (χ0) is 35.5. The van der Waals surface area contributed by atoms with Crippen LogP contribution in [0.4, 0.5) is 11.4 Å². The molecule has 1 heterocycles. The highest BCUT2D eigenvalue weighted by atomic mass is 15.1. The van der Waals surface area contributed by atoms with Crippen molar-refractivity contribution in [1.82, 2.24) is 4.57 Å². The molecule has 0 fully saturated rings. The fourth-order valence-corrected chi connectivity index (χ4v) is 8.89. The van der Waals surface area contributed by atoms with E-state index in [4.69, 9.17) is 0 Å². The van der Waals surface area contributed by atoms with Gasteiger partial charge < -0.3 is 9.47 Å². The Morgan fingerprint density at radius 2 is 1.06 bits per heavy atom. The molecule has 7 aromatic carbocycles. The van der Waals surface area contributed by atoms with Crippen molar-refractivity contribution in [3.8, 4) is 27.9 Å². The highest BCUT2D eigenvalue weighted by Gasteiger charge is 2.38. The summed E-state index contributed by atoms with van der Waals surface area (Å²) in [5, 5.41) is 2.53. The van der Waals surface area contributed by atoms with Gasteiger partial charge in [-0.15, -0.1) is 0 Å². The van der Waals surface area contributed by atoms with Crippen molar-refractivity contribution in [2.45, 2.75) is 32.1 Å². The van der Waals surface area contributed by atoms with Gasteiger partial charge in [0.2, 0.25) is 0 Å². The van der Waals surface area contributed by atoms with E-state index in [2.05, 4.69) is 205 Å². The molecule has 2 aliphatic carbocycles. The molecule has 0 aliphatic heterocycles. The largest absolute Gasteiger partial charge is 0.314 e. The second-order valence-corrected chi connectivity index (χ2v) is 14.9. The minimum atomic E-state index is -0.0352. The number of allylic oxidation sites excluding steroid dienone is 4. The van der Waals surface area contributed by atoms with Crippen molar-refractivity contribution >= 4 is 38.8 Å². The molecule has 2 nitrogen and oxygen atoms in total. The summed E-state index contributed by atoms with van der Waals surface area (Å²) in [5.74, 6) is 0. The van der Waals surface area contributed by atoms with Crippen molar-refractivity contribution in [2.24, 2.45) is 0 Å². The maximum absolute atomic E-state index is 2.49. The molecule has 10 rings (SSSR count). The SMILES string of the molecule is CC1(C)C2=C(CCC(N(c3ccc(-c4ccccc4)cc3)c3ccc(-c4ccc5c(c4)c4ccccc4n5-c4ccccc4)cc3)=C2)c2ccccc21. The van der Waals surface area contributed by atoms with Gasteiger partial charge in [-0.2, -0.15) is 0 Å². The Morgan fingerprint density at radius 1 is 0.491 bits per heavy atom. The van der Waals surface area contributed by atoms with Gasteiger partial charge in [-0.05, 0) is 118 Å². The van der Waals surface area contributed by atoms with Crippen molar-refractivity contribution in [3.63, 3.8) is 0 Å². The number of hydrogen-bond donors (Lipinski definition) is 0. The zero-order valence-electron chi connectivity index (χ0n) is 30.1. The quantitative estimate of drug-likeness (QED) is 0.170. The lowest BCUT2D eigenvalue weighted by Gasteiger charge is -2.33. The van der Waals surface area contributed by atoms with E-state index in [1.807, 2.05) is 0 Å². The summed E-state index contributed by atoms with van der Waals surface area (Å²) in [7, 11) is 0. The summed E-state index contributed by atoms with van der Waals surface area (Å²) in [6.07, 6.45) is 4.51. The van der Waals surface area contributed by atoms with E-state index in [1.165, 1.54) is 89.1 Å². The summed E-state index contributed by atoms with van der Waals surface area (Å²) in [6.45, 7) is 4.77. The molecule has 0 atom stereocenters. The molecule has 0 saturated heterocycles. The van der Waals surface area contributed by atoms with Crippen LogP contribution in [-0.2, 0) is 5.41 Å². The Kier molecular flexibility index (Phi) is 7.33. The van der Waals surface area contributed by atoms with E-state index in [9.17, 15) is 0 Å². The third-order valence-corrected chi connectivity index (χ3v) is 11.5. The van der Waals surface area contributed by atoms with Crippen LogP contribution in [0.25, 0.3) is 55.3 Å². The van der Waals surface area contributed by atoms with Crippen LogP contribution >= 0.6 is 0 Å². The highest BCUT2D eigenvalue weighted by Crippen LogP contribution is 2.52. The third-order valence-electron chi connectivity index (χ3n) is 11.5. The average Bonchev–Trinajstić information content (AvgIpc) is 3.67. The number of anilines is 2. The van der Waals surface area contributed by atoms with E-state index >= 15 is 0 Å². The lowest BCUT2D eigenvalue weighted by Crippen LogP contribution is -2.22. The summed E-state index contributed by atoms with van der Waals surface area (Å²) >= 11 is 0. The predicted molar refractivity (Wildman–Crippen MR) is 224 cm³/mol. The van der Waals surface area contributed by atoms with Crippen LogP contribution in [0.15, 0.2) is 193 Å². The molecule has 0 bridgehead atoms. The summed E-state index contributed by atoms with van der Waals surface area (Å²) < 4.78 is 2.38. The molecule has 0 unspecified atom stereocenters. The van der Waals surface area contributed by atoms with Gasteiger partial charge in [-0.25, -0.2) is 0 Å². The lowest BCUT2D eigenvalue weighted by molar-refractivity contribution is 0.648. The van der Waals surface area contributed by atoms with E-state index in [0.717, 1.165) is 12.8 Å². The summed E-state index contributed by atoms with van der Waals surface area (Å²) in [5.41, 5.74) is 18.0. The first kappa shape index (κ1) is 31.4. The first-order valence-corrected chi connectivity index (χ1v) is 18.7. The van der Waals surface area contributed by atoms with Crippen LogP contribution in [0.2, 0.25) is 0 Å². The third kappa shape index (κ3) is 5.17. The molecule has 0 radical (unpaired) electrons. The number of hydrogen-bond acceptors (Lipinski definition) is 1. The van der Waals surface area contributed by atoms with E-state index in [1.54, 1.807) is 0 Å². The maximum Gasteiger partial charge on any atom is 0.0541 e. The zero-order valence-corrected chi connectivity index (χ0v) is 30.1. The Morgan fingerprint density at radius 3 is 1.79 bits per heavy atom. The van der Waals surface area contributed by atoms with Gasteiger partial charge in [0.25, 0.3) is 0 Å². The van der Waals surface area contributed by atoms with Gasteiger partial charge in [0.05, 0.1) is 11.0 Å². The van der Waals surface area contributed by atoms with Crippen molar-refractivity contribution in [3.05, 3.63) is 204 Å². The molecule has 0 saturated carbocycles. The molecule has 0 spiro atoms. The number of benzene rings is 7. The van der Waals surface area contributed by atoms with Crippen LogP contribution in [0.3, 0.4) is 0 Å². The van der Waals surface area contributed by atoms with Gasteiger partial charge in [-0.3, -0.25) is 0 Å². The van der Waals surface area contributed by atoms with Crippen molar-refractivity contribution in [2.75, 3.05) is 4.90 Å². The molecule has 53 heavy (non-hydrogen) atoms. The Hall–Kier alpha value is -6.38. The first-order chi connectivity index (χ1) is 26.0. The molecule has 0 N–H and O–H groups in total. The Labute approximate surface area is 311 Å². The van der Waals surface area contributed by atoms with E-state index in [-0.39, 0.29) is 5.41 Å². The van der Waals surface area contributed by atoms with Gasteiger partial charge in [-0.1, -0.05) is 135 Å². The van der Waals surface area contributed by atoms with Gasteiger partial charge in [0, 0.05) is 38.9 Å². The molecular weight excluding hydrogens is 641 g/mol. The topological polar surface area (TPSA) is 8.17 Å². The smallest absolute Gasteiger partial charge is 0.0541 e. The second-order valence-electron chi connectivity index (χ2n) is 14.9. The minimum Gasteiger partial charge on any atom is -0.314 e. The number of rotatable bonds is 6. The monoisotopic (exact) mass is 680 g/mol.